The average molecular weight is 931 g/mol. The average Bonchev–Trinajstić information content (AvgIpc) is 3.80. The van der Waals surface area contributed by atoms with Crippen LogP contribution in [0.4, 0.5) is 34.1 Å². The molecule has 3 heterocycles. The van der Waals surface area contributed by atoms with Gasteiger partial charge in [0.1, 0.15) is 6.07 Å². The second kappa shape index (κ2) is 17.3. The monoisotopic (exact) mass is 930 g/mol. The van der Waals surface area contributed by atoms with Crippen LogP contribution >= 0.6 is 0 Å². The van der Waals surface area contributed by atoms with Gasteiger partial charge in [0.05, 0.1) is 56.4 Å². The largest absolute Gasteiger partial charge is 0.307 e. The van der Waals surface area contributed by atoms with Crippen molar-refractivity contribution >= 4 is 55.9 Å². The third kappa shape index (κ3) is 6.53. The molecule has 2 aliphatic heterocycles. The Labute approximate surface area is 425 Å². The minimum absolute atomic E-state index is 0.0454. The van der Waals surface area contributed by atoms with E-state index in [4.69, 9.17) is 0 Å². The number of hydrogen-bond acceptors (Lipinski definition) is 3. The highest BCUT2D eigenvalue weighted by Gasteiger charge is 2.42. The third-order valence-corrected chi connectivity index (χ3v) is 15.1. The van der Waals surface area contributed by atoms with Gasteiger partial charge in [-0.25, -0.2) is 0 Å². The van der Waals surface area contributed by atoms with Crippen molar-refractivity contribution in [3.8, 4) is 34.0 Å². The van der Waals surface area contributed by atoms with Crippen molar-refractivity contribution in [1.29, 1.82) is 5.26 Å². The summed E-state index contributed by atoms with van der Waals surface area (Å²) in [5.74, 6) is -0.0908. The first-order valence-electron chi connectivity index (χ1n) is 25.1. The van der Waals surface area contributed by atoms with Crippen LogP contribution in [-0.2, 0) is 0 Å². The quantitative estimate of drug-likeness (QED) is 0.160. The first-order valence-corrected chi connectivity index (χ1v) is 25.1. The lowest BCUT2D eigenvalue weighted by Gasteiger charge is -2.43. The first kappa shape index (κ1) is 42.2. The summed E-state index contributed by atoms with van der Waals surface area (Å²) >= 11 is 0. The first-order chi connectivity index (χ1) is 36.3. The number of hydrogen-bond donors (Lipinski definition) is 0. The molecule has 4 heteroatoms. The molecule has 0 aliphatic carbocycles. The van der Waals surface area contributed by atoms with Gasteiger partial charge in [-0.15, -0.1) is 0 Å². The number of anilines is 6. The molecule has 0 saturated heterocycles. The van der Waals surface area contributed by atoms with Crippen LogP contribution in [-0.4, -0.2) is 4.57 Å². The zero-order valence-electron chi connectivity index (χ0n) is 39.8. The molecule has 0 N–H and O–H groups in total. The summed E-state index contributed by atoms with van der Waals surface area (Å²) in [7, 11) is 0. The van der Waals surface area contributed by atoms with Gasteiger partial charge < -0.3 is 14.4 Å². The highest BCUT2D eigenvalue weighted by Crippen LogP contribution is 2.62. The van der Waals surface area contributed by atoms with Crippen LogP contribution in [0.1, 0.15) is 50.8 Å². The molecule has 14 rings (SSSR count). The third-order valence-electron chi connectivity index (χ3n) is 15.1. The Morgan fingerprint density at radius 3 is 0.959 bits per heavy atom. The van der Waals surface area contributed by atoms with Gasteiger partial charge in [-0.3, -0.25) is 0 Å². The zero-order chi connectivity index (χ0) is 48.4. The maximum absolute atomic E-state index is 12.4. The van der Waals surface area contributed by atoms with E-state index >= 15 is 0 Å². The van der Waals surface area contributed by atoms with Crippen molar-refractivity contribution in [3.05, 3.63) is 306 Å². The van der Waals surface area contributed by atoms with E-state index in [0.29, 0.717) is 5.56 Å². The second-order valence-corrected chi connectivity index (χ2v) is 19.0. The van der Waals surface area contributed by atoms with Crippen molar-refractivity contribution in [2.75, 3.05) is 9.80 Å². The minimum atomic E-state index is -0.0454. The van der Waals surface area contributed by atoms with Gasteiger partial charge in [-0.1, -0.05) is 231 Å². The normalized spacial score (nSPS) is 13.0. The lowest BCUT2D eigenvalue weighted by atomic mass is 9.78. The SMILES string of the molecule is N#Cc1c(-c2ccccc2)c(N2c3ccccc3C(c3ccccc3)c3ccccc32)c(-n2c3ccccc3c3ccccc32)c(N2c3ccccc3C(c3ccccc3)c3ccccc32)c1-c1ccccc1. The number of para-hydroxylation sites is 6. The Hall–Kier alpha value is -9.69. The van der Waals surface area contributed by atoms with E-state index in [0.717, 1.165) is 83.9 Å². The van der Waals surface area contributed by atoms with Crippen LogP contribution in [0.2, 0.25) is 0 Å². The Morgan fingerprint density at radius 1 is 0.301 bits per heavy atom. The number of rotatable bonds is 7. The summed E-state index contributed by atoms with van der Waals surface area (Å²) in [5.41, 5.74) is 20.5. The van der Waals surface area contributed by atoms with E-state index < -0.39 is 0 Å². The van der Waals surface area contributed by atoms with Crippen LogP contribution < -0.4 is 9.80 Å². The van der Waals surface area contributed by atoms with Gasteiger partial charge >= 0.3 is 0 Å². The molecular weight excluding hydrogens is 885 g/mol. The van der Waals surface area contributed by atoms with Crippen LogP contribution in [0, 0.1) is 11.3 Å². The predicted octanol–water partition coefficient (Wildman–Crippen LogP) is 17.9. The Kier molecular flexibility index (Phi) is 10.0. The summed E-state index contributed by atoms with van der Waals surface area (Å²) in [6.45, 7) is 0. The van der Waals surface area contributed by atoms with E-state index in [1.807, 2.05) is 0 Å². The molecule has 73 heavy (non-hydrogen) atoms. The molecule has 0 atom stereocenters. The number of nitrogens with zero attached hydrogens (tertiary/aromatic N) is 4. The molecule has 0 fully saturated rings. The van der Waals surface area contributed by atoms with Crippen LogP contribution in [0.25, 0.3) is 49.7 Å². The Bertz CT molecular complexity index is 3760. The maximum Gasteiger partial charge on any atom is 0.101 e. The van der Waals surface area contributed by atoms with E-state index in [1.165, 1.54) is 33.4 Å². The van der Waals surface area contributed by atoms with Crippen LogP contribution in [0.5, 0.6) is 0 Å². The van der Waals surface area contributed by atoms with Crippen LogP contribution in [0.15, 0.2) is 267 Å². The maximum atomic E-state index is 12.4. The molecule has 11 aromatic carbocycles. The van der Waals surface area contributed by atoms with Crippen molar-refractivity contribution in [2.45, 2.75) is 11.8 Å². The fourth-order valence-corrected chi connectivity index (χ4v) is 12.2. The number of aromatic nitrogens is 1. The molecular formula is C69H46N4. The van der Waals surface area contributed by atoms with Gasteiger partial charge in [-0.05, 0) is 80.9 Å². The highest BCUT2D eigenvalue weighted by atomic mass is 15.2. The summed E-state index contributed by atoms with van der Waals surface area (Å²) in [5, 5.41) is 14.7. The van der Waals surface area contributed by atoms with Gasteiger partial charge in [0.2, 0.25) is 0 Å². The number of fused-ring (bicyclic) bond motifs is 7. The molecule has 342 valence electrons. The lowest BCUT2D eigenvalue weighted by molar-refractivity contribution is 0.931. The molecule has 1 aromatic heterocycles. The minimum Gasteiger partial charge on any atom is -0.307 e. The van der Waals surface area contributed by atoms with Crippen molar-refractivity contribution < 1.29 is 0 Å². The molecule has 0 bridgehead atoms. The molecule has 0 unspecified atom stereocenters. The topological polar surface area (TPSA) is 35.2 Å². The summed E-state index contributed by atoms with van der Waals surface area (Å²) in [4.78, 5) is 5.00. The number of benzene rings is 11. The molecule has 12 aromatic rings. The number of nitriles is 1. The predicted molar refractivity (Wildman–Crippen MR) is 301 cm³/mol. The van der Waals surface area contributed by atoms with E-state index in [1.54, 1.807) is 0 Å². The lowest BCUT2D eigenvalue weighted by Crippen LogP contribution is -2.27. The zero-order valence-corrected chi connectivity index (χ0v) is 39.8. The van der Waals surface area contributed by atoms with Crippen LogP contribution in [0.3, 0.4) is 0 Å². The molecule has 0 amide bonds. The summed E-state index contributed by atoms with van der Waals surface area (Å²) in [6.07, 6.45) is 0. The van der Waals surface area contributed by atoms with Gasteiger partial charge in [0.25, 0.3) is 0 Å². The van der Waals surface area contributed by atoms with E-state index in [9.17, 15) is 5.26 Å². The second-order valence-electron chi connectivity index (χ2n) is 19.0. The molecule has 2 aliphatic rings. The van der Waals surface area contributed by atoms with Gasteiger partial charge in [0, 0.05) is 33.7 Å². The van der Waals surface area contributed by atoms with Crippen molar-refractivity contribution in [3.63, 3.8) is 0 Å². The van der Waals surface area contributed by atoms with E-state index in [-0.39, 0.29) is 11.8 Å². The highest BCUT2D eigenvalue weighted by molar-refractivity contribution is 6.15. The molecule has 4 nitrogen and oxygen atoms in total. The fourth-order valence-electron chi connectivity index (χ4n) is 12.2. The molecule has 0 saturated carbocycles. The van der Waals surface area contributed by atoms with Gasteiger partial charge in [0.15, 0.2) is 0 Å². The Balaban J connectivity index is 1.25. The smallest absolute Gasteiger partial charge is 0.101 e. The van der Waals surface area contributed by atoms with E-state index in [2.05, 4.69) is 287 Å². The van der Waals surface area contributed by atoms with Crippen molar-refractivity contribution in [2.24, 2.45) is 0 Å². The Morgan fingerprint density at radius 2 is 0.603 bits per heavy atom. The molecule has 0 radical (unpaired) electrons. The fraction of sp³-hybridized carbons (Fsp3) is 0.0290. The summed E-state index contributed by atoms with van der Waals surface area (Å²) in [6, 6.07) is 99.2. The standard InChI is InChI=1S/C69H46N4/c70-45-56-65(48-29-9-3-10-30-48)67(71-59-41-21-15-35-52(59)63(46-25-5-1-6-26-46)53-36-16-22-42-60(53)71)69(73-57-39-19-13-33-50(57)51-34-14-20-40-58(51)73)68(66(56)49-31-11-4-12-32-49)72-61-43-23-17-37-54(61)64(47-27-7-2-8-28-47)55-38-18-24-44-62(55)72/h1-44,63-64H. The van der Waals surface area contributed by atoms with Crippen molar-refractivity contribution in [1.82, 2.24) is 4.57 Å². The molecule has 0 spiro atoms. The summed E-state index contributed by atoms with van der Waals surface area (Å²) < 4.78 is 2.51. The van der Waals surface area contributed by atoms with Gasteiger partial charge in [-0.2, -0.15) is 5.26 Å².